The summed E-state index contributed by atoms with van der Waals surface area (Å²) in [6.07, 6.45) is 0. The summed E-state index contributed by atoms with van der Waals surface area (Å²) in [5.41, 5.74) is 7.30. The molecule has 3 N–H and O–H groups in total. The molecular weight excluding hydrogens is 246 g/mol. The minimum atomic E-state index is -0.287. The summed E-state index contributed by atoms with van der Waals surface area (Å²) in [4.78, 5) is 12.0. The van der Waals surface area contributed by atoms with Gasteiger partial charge in [0.25, 0.3) is 5.91 Å². The number of carbonyl (C=O) groups excluding carboxylic acids is 1. The Bertz CT molecular complexity index is 593. The van der Waals surface area contributed by atoms with Crippen molar-refractivity contribution in [3.05, 3.63) is 41.3 Å². The van der Waals surface area contributed by atoms with Crippen molar-refractivity contribution < 1.29 is 14.1 Å². The molecule has 1 heterocycles. The first-order valence-corrected chi connectivity index (χ1v) is 5.74. The molecule has 0 saturated carbocycles. The van der Waals surface area contributed by atoms with E-state index in [2.05, 4.69) is 10.5 Å². The van der Waals surface area contributed by atoms with Gasteiger partial charge in [0.05, 0.1) is 30.6 Å². The molecule has 6 heteroatoms. The Morgan fingerprint density at radius 1 is 1.53 bits per heavy atom. The number of para-hydroxylation sites is 1. The number of benzene rings is 1. The molecule has 1 aromatic carbocycles. The summed E-state index contributed by atoms with van der Waals surface area (Å²) in [6, 6.07) is 6.81. The zero-order valence-corrected chi connectivity index (χ0v) is 10.8. The fraction of sp³-hybridized carbons (Fsp3) is 0.231. The molecule has 1 aromatic heterocycles. The van der Waals surface area contributed by atoms with Crippen LogP contribution < -0.4 is 15.8 Å². The highest BCUT2D eigenvalue weighted by Crippen LogP contribution is 2.24. The second kappa shape index (κ2) is 5.43. The van der Waals surface area contributed by atoms with Crippen molar-refractivity contribution in [1.29, 1.82) is 0 Å². The van der Waals surface area contributed by atoms with Crippen molar-refractivity contribution >= 4 is 11.6 Å². The van der Waals surface area contributed by atoms with Gasteiger partial charge in [0.2, 0.25) is 0 Å². The van der Waals surface area contributed by atoms with Gasteiger partial charge in [-0.05, 0) is 19.1 Å². The minimum absolute atomic E-state index is 0.260. The third-order valence-corrected chi connectivity index (χ3v) is 2.63. The van der Waals surface area contributed by atoms with E-state index in [-0.39, 0.29) is 12.5 Å². The average Bonchev–Trinajstić information content (AvgIpc) is 2.82. The van der Waals surface area contributed by atoms with E-state index in [1.54, 1.807) is 24.3 Å². The number of hydrogen-bond donors (Lipinski definition) is 2. The van der Waals surface area contributed by atoms with Crippen molar-refractivity contribution in [2.24, 2.45) is 0 Å². The van der Waals surface area contributed by atoms with Crippen LogP contribution in [-0.2, 0) is 6.54 Å². The molecule has 0 unspecified atom stereocenters. The van der Waals surface area contributed by atoms with E-state index in [0.717, 1.165) is 5.69 Å². The number of rotatable bonds is 4. The highest BCUT2D eigenvalue weighted by Gasteiger charge is 2.13. The van der Waals surface area contributed by atoms with Gasteiger partial charge in [-0.3, -0.25) is 4.79 Å². The van der Waals surface area contributed by atoms with E-state index in [1.165, 1.54) is 7.11 Å². The average molecular weight is 261 g/mol. The lowest BCUT2D eigenvalue weighted by Crippen LogP contribution is -2.23. The molecule has 0 fully saturated rings. The number of nitrogens with zero attached hydrogens (tertiary/aromatic N) is 1. The third kappa shape index (κ3) is 2.85. The highest BCUT2D eigenvalue weighted by molar-refractivity contribution is 6.00. The molecule has 0 saturated heterocycles. The molecule has 1 amide bonds. The molecule has 100 valence electrons. The number of nitrogens with two attached hydrogens (primary N) is 1. The molecule has 0 atom stereocenters. The van der Waals surface area contributed by atoms with Crippen molar-refractivity contribution in [3.8, 4) is 5.75 Å². The molecule has 2 aromatic rings. The summed E-state index contributed by atoms with van der Waals surface area (Å²) in [5, 5.41) is 6.45. The van der Waals surface area contributed by atoms with E-state index in [4.69, 9.17) is 15.0 Å². The normalized spacial score (nSPS) is 10.2. The van der Waals surface area contributed by atoms with Crippen LogP contribution in [0.4, 0.5) is 5.69 Å². The Labute approximate surface area is 110 Å². The number of hydrogen-bond acceptors (Lipinski definition) is 5. The molecule has 0 aliphatic carbocycles. The molecule has 0 spiro atoms. The Morgan fingerprint density at radius 2 is 2.32 bits per heavy atom. The van der Waals surface area contributed by atoms with Gasteiger partial charge in [-0.1, -0.05) is 11.2 Å². The van der Waals surface area contributed by atoms with Crippen LogP contribution in [0, 0.1) is 6.92 Å². The van der Waals surface area contributed by atoms with E-state index >= 15 is 0 Å². The lowest BCUT2D eigenvalue weighted by atomic mass is 10.1. The molecule has 2 rings (SSSR count). The number of aromatic nitrogens is 1. The van der Waals surface area contributed by atoms with Crippen LogP contribution >= 0.6 is 0 Å². The van der Waals surface area contributed by atoms with Crippen LogP contribution in [0.3, 0.4) is 0 Å². The van der Waals surface area contributed by atoms with Crippen LogP contribution in [0.25, 0.3) is 0 Å². The van der Waals surface area contributed by atoms with Crippen LogP contribution in [0.2, 0.25) is 0 Å². The van der Waals surface area contributed by atoms with Crippen molar-refractivity contribution in [2.75, 3.05) is 12.8 Å². The van der Waals surface area contributed by atoms with Gasteiger partial charge < -0.3 is 20.3 Å². The lowest BCUT2D eigenvalue weighted by Gasteiger charge is -2.09. The summed E-state index contributed by atoms with van der Waals surface area (Å²) in [6.45, 7) is 2.07. The van der Waals surface area contributed by atoms with Gasteiger partial charge in [0, 0.05) is 6.07 Å². The quantitative estimate of drug-likeness (QED) is 0.814. The number of amides is 1. The number of carbonyl (C=O) groups is 1. The van der Waals surface area contributed by atoms with E-state index < -0.39 is 0 Å². The zero-order valence-electron chi connectivity index (χ0n) is 10.8. The summed E-state index contributed by atoms with van der Waals surface area (Å²) < 4.78 is 10.1. The zero-order chi connectivity index (χ0) is 13.8. The number of methoxy groups -OCH3 is 1. The Balaban J connectivity index is 2.08. The van der Waals surface area contributed by atoms with E-state index in [1.807, 2.05) is 6.92 Å². The fourth-order valence-corrected chi connectivity index (χ4v) is 1.68. The van der Waals surface area contributed by atoms with E-state index in [9.17, 15) is 4.79 Å². The largest absolute Gasteiger partial charge is 0.495 e. The van der Waals surface area contributed by atoms with Crippen LogP contribution in [0.15, 0.2) is 28.8 Å². The second-order valence-corrected chi connectivity index (χ2v) is 4.04. The predicted octanol–water partition coefficient (Wildman–Crippen LogP) is 1.50. The van der Waals surface area contributed by atoms with Gasteiger partial charge >= 0.3 is 0 Å². The van der Waals surface area contributed by atoms with Crippen molar-refractivity contribution in [1.82, 2.24) is 10.5 Å². The van der Waals surface area contributed by atoms with Crippen LogP contribution in [-0.4, -0.2) is 18.2 Å². The number of aryl methyl sites for hydroxylation is 1. The Hall–Kier alpha value is -2.50. The first kappa shape index (κ1) is 12.9. The van der Waals surface area contributed by atoms with Crippen LogP contribution in [0.5, 0.6) is 5.75 Å². The Kier molecular flexibility index (Phi) is 3.70. The number of ether oxygens (including phenoxy) is 1. The molecule has 19 heavy (non-hydrogen) atoms. The molecule has 6 nitrogen and oxygen atoms in total. The minimum Gasteiger partial charge on any atom is -0.495 e. The van der Waals surface area contributed by atoms with Crippen molar-refractivity contribution in [3.63, 3.8) is 0 Å². The molecule has 0 aliphatic rings. The SMILES string of the molecule is COc1cccc(C(=O)NCc2cc(C)no2)c1N. The van der Waals surface area contributed by atoms with Gasteiger partial charge in [0.15, 0.2) is 5.76 Å². The van der Waals surface area contributed by atoms with Crippen LogP contribution in [0.1, 0.15) is 21.8 Å². The Morgan fingerprint density at radius 3 is 2.95 bits per heavy atom. The number of anilines is 1. The van der Waals surface area contributed by atoms with Crippen molar-refractivity contribution in [2.45, 2.75) is 13.5 Å². The number of nitrogen functional groups attached to an aromatic ring is 1. The molecule has 0 bridgehead atoms. The standard InChI is InChI=1S/C13H15N3O3/c1-8-6-9(19-16-8)7-15-13(17)10-4-3-5-11(18-2)12(10)14/h3-6H,7,14H2,1-2H3,(H,15,17). The summed E-state index contributed by atoms with van der Waals surface area (Å²) in [5.74, 6) is 0.779. The van der Waals surface area contributed by atoms with E-state index in [0.29, 0.717) is 22.8 Å². The predicted molar refractivity (Wildman–Crippen MR) is 69.8 cm³/mol. The maximum Gasteiger partial charge on any atom is 0.253 e. The monoisotopic (exact) mass is 261 g/mol. The molecule has 0 radical (unpaired) electrons. The van der Waals surface area contributed by atoms with Gasteiger partial charge in [0.1, 0.15) is 5.75 Å². The number of nitrogens with one attached hydrogen (secondary N) is 1. The first-order chi connectivity index (χ1) is 9.11. The fourth-order valence-electron chi connectivity index (χ4n) is 1.68. The highest BCUT2D eigenvalue weighted by atomic mass is 16.5. The maximum absolute atomic E-state index is 12.0. The topological polar surface area (TPSA) is 90.4 Å². The molecular formula is C13H15N3O3. The maximum atomic E-state index is 12.0. The first-order valence-electron chi connectivity index (χ1n) is 5.74. The second-order valence-electron chi connectivity index (χ2n) is 4.04. The lowest BCUT2D eigenvalue weighted by molar-refractivity contribution is 0.0947. The van der Waals surface area contributed by atoms with Gasteiger partial charge in [-0.2, -0.15) is 0 Å². The summed E-state index contributed by atoms with van der Waals surface area (Å²) in [7, 11) is 1.50. The molecule has 0 aliphatic heterocycles. The smallest absolute Gasteiger partial charge is 0.253 e. The van der Waals surface area contributed by atoms with Gasteiger partial charge in [-0.15, -0.1) is 0 Å². The summed E-state index contributed by atoms with van der Waals surface area (Å²) >= 11 is 0. The third-order valence-electron chi connectivity index (χ3n) is 2.63. The van der Waals surface area contributed by atoms with Gasteiger partial charge in [-0.25, -0.2) is 0 Å².